The number of rotatable bonds is 5. The van der Waals surface area contributed by atoms with Gasteiger partial charge in [0.1, 0.15) is 11.8 Å². The lowest BCUT2D eigenvalue weighted by Gasteiger charge is -2.19. The number of amides is 1. The molecule has 1 aromatic rings. The van der Waals surface area contributed by atoms with Crippen LogP contribution in [0.4, 0.5) is 14.9 Å². The van der Waals surface area contributed by atoms with E-state index in [1.807, 2.05) is 0 Å². The molecule has 1 amide bonds. The summed E-state index contributed by atoms with van der Waals surface area (Å²) in [6.45, 7) is 4.36. The van der Waals surface area contributed by atoms with Crippen molar-refractivity contribution in [2.45, 2.75) is 26.4 Å². The quantitative estimate of drug-likeness (QED) is 0.387. The Bertz CT molecular complexity index is 634. The number of hydrogen-bond acceptors (Lipinski definition) is 6. The van der Waals surface area contributed by atoms with Gasteiger partial charge in [0.05, 0.1) is 0 Å². The minimum absolute atomic E-state index is 0.226. The van der Waals surface area contributed by atoms with Crippen LogP contribution >= 0.6 is 0 Å². The number of carbonyl (C=O) groups excluding carboxylic acids is 2. The Morgan fingerprint density at radius 1 is 1.25 bits per heavy atom. The highest BCUT2D eigenvalue weighted by atomic mass is 19.1. The number of anilines is 1. The van der Waals surface area contributed by atoms with Gasteiger partial charge in [0.15, 0.2) is 6.67 Å². The molecule has 0 bridgehead atoms. The molecular formula is C16H20FN3O4. The van der Waals surface area contributed by atoms with Crippen molar-refractivity contribution in [3.05, 3.63) is 29.8 Å². The van der Waals surface area contributed by atoms with E-state index < -0.39 is 24.2 Å². The van der Waals surface area contributed by atoms with Crippen LogP contribution in [0, 0.1) is 0 Å². The Balaban J connectivity index is 2.62. The molecule has 0 aliphatic carbocycles. The lowest BCUT2D eigenvalue weighted by Crippen LogP contribution is -2.27. The van der Waals surface area contributed by atoms with Crippen LogP contribution < -0.4 is 5.32 Å². The molecular weight excluding hydrogens is 317 g/mol. The largest absolute Gasteiger partial charge is 0.444 e. The van der Waals surface area contributed by atoms with Gasteiger partial charge >= 0.3 is 6.09 Å². The van der Waals surface area contributed by atoms with E-state index in [4.69, 9.17) is 4.74 Å². The molecule has 0 saturated heterocycles. The molecule has 0 aromatic heterocycles. The number of benzene rings is 1. The van der Waals surface area contributed by atoms with Crippen LogP contribution in [-0.4, -0.2) is 43.3 Å². The number of nitrogens with zero attached hydrogens (tertiary/aromatic N) is 2. The summed E-state index contributed by atoms with van der Waals surface area (Å²) in [4.78, 5) is 31.6. The van der Waals surface area contributed by atoms with E-state index in [1.165, 1.54) is 19.2 Å². The predicted octanol–water partition coefficient (Wildman–Crippen LogP) is 3.22. The lowest BCUT2D eigenvalue weighted by atomic mass is 10.1. The molecule has 0 unspecified atom stereocenters. The molecule has 7 nitrogen and oxygen atoms in total. The molecule has 1 aromatic carbocycles. The highest BCUT2D eigenvalue weighted by Crippen LogP contribution is 2.13. The smallest absolute Gasteiger partial charge is 0.412 e. The zero-order chi connectivity index (χ0) is 18.2. The van der Waals surface area contributed by atoms with Gasteiger partial charge < -0.3 is 9.57 Å². The molecule has 24 heavy (non-hydrogen) atoms. The molecule has 130 valence electrons. The van der Waals surface area contributed by atoms with E-state index in [0.29, 0.717) is 11.3 Å². The fourth-order valence-corrected chi connectivity index (χ4v) is 1.47. The first kappa shape index (κ1) is 19.3. The second kappa shape index (κ2) is 8.76. The zero-order valence-electron chi connectivity index (χ0n) is 14.0. The third-order valence-corrected chi connectivity index (χ3v) is 2.51. The van der Waals surface area contributed by atoms with Crippen LogP contribution in [0.2, 0.25) is 0 Å². The van der Waals surface area contributed by atoms with Crippen molar-refractivity contribution in [3.63, 3.8) is 0 Å². The van der Waals surface area contributed by atoms with Gasteiger partial charge in [0, 0.05) is 18.3 Å². The monoisotopic (exact) mass is 337 g/mol. The number of oxime groups is 1. The number of Topliss-reactive ketones (excluding diaryl/α,β-unsaturated/α-hetero) is 1. The normalized spacial score (nSPS) is 12.1. The van der Waals surface area contributed by atoms with Gasteiger partial charge in [-0.1, -0.05) is 5.16 Å². The first-order chi connectivity index (χ1) is 11.2. The van der Waals surface area contributed by atoms with E-state index >= 15 is 0 Å². The minimum Gasteiger partial charge on any atom is -0.444 e. The van der Waals surface area contributed by atoms with Gasteiger partial charge in [0.25, 0.3) is 5.90 Å². The van der Waals surface area contributed by atoms with Gasteiger partial charge in [0.2, 0.25) is 5.78 Å². The molecule has 0 saturated carbocycles. The van der Waals surface area contributed by atoms with Crippen LogP contribution in [0.3, 0.4) is 0 Å². The molecule has 0 atom stereocenters. The first-order valence-electron chi connectivity index (χ1n) is 7.11. The molecule has 8 heteroatoms. The summed E-state index contributed by atoms with van der Waals surface area (Å²) in [5.74, 6) is -0.663. The van der Waals surface area contributed by atoms with Crippen molar-refractivity contribution in [1.82, 2.24) is 0 Å². The van der Waals surface area contributed by atoms with Gasteiger partial charge in [-0.05, 0) is 45.0 Å². The Morgan fingerprint density at radius 3 is 2.38 bits per heavy atom. The maximum absolute atomic E-state index is 12.3. The van der Waals surface area contributed by atoms with Gasteiger partial charge in [-0.15, -0.1) is 0 Å². The summed E-state index contributed by atoms with van der Waals surface area (Å²) in [7, 11) is 1.35. The SMILES string of the molecule is C/N=C(/CF)O/N=C/C(=O)c1ccc(NC(=O)OC(C)(C)C)cc1. The first-order valence-corrected chi connectivity index (χ1v) is 7.11. The van der Waals surface area contributed by atoms with Crippen LogP contribution in [0.5, 0.6) is 0 Å². The maximum Gasteiger partial charge on any atom is 0.412 e. The molecule has 0 spiro atoms. The Morgan fingerprint density at radius 2 is 1.88 bits per heavy atom. The Kier molecular flexibility index (Phi) is 7.03. The second-order valence-electron chi connectivity index (χ2n) is 5.65. The molecule has 1 N–H and O–H groups in total. The molecule has 1 rings (SSSR count). The molecule has 0 aliphatic heterocycles. The van der Waals surface area contributed by atoms with Crippen LogP contribution in [0.1, 0.15) is 31.1 Å². The minimum atomic E-state index is -0.910. The van der Waals surface area contributed by atoms with Crippen molar-refractivity contribution in [1.29, 1.82) is 0 Å². The predicted molar refractivity (Wildman–Crippen MR) is 89.5 cm³/mol. The molecule has 0 radical (unpaired) electrons. The number of hydrogen-bond donors (Lipinski definition) is 1. The lowest BCUT2D eigenvalue weighted by molar-refractivity contribution is 0.0636. The van der Waals surface area contributed by atoms with E-state index in [9.17, 15) is 14.0 Å². The van der Waals surface area contributed by atoms with Crippen molar-refractivity contribution in [2.24, 2.45) is 10.1 Å². The molecule has 0 heterocycles. The number of alkyl halides is 1. The van der Waals surface area contributed by atoms with E-state index in [2.05, 4.69) is 20.3 Å². The fraction of sp³-hybridized carbons (Fsp3) is 0.375. The summed E-state index contributed by atoms with van der Waals surface area (Å²) in [5, 5.41) is 5.92. The highest BCUT2D eigenvalue weighted by Gasteiger charge is 2.16. The average Bonchev–Trinajstić information content (AvgIpc) is 2.50. The van der Waals surface area contributed by atoms with Crippen molar-refractivity contribution >= 4 is 29.7 Å². The molecule has 0 fully saturated rings. The second-order valence-corrected chi connectivity index (χ2v) is 5.65. The number of ether oxygens (including phenoxy) is 1. The van der Waals surface area contributed by atoms with E-state index in [-0.39, 0.29) is 5.90 Å². The number of halogens is 1. The maximum atomic E-state index is 12.3. The van der Waals surface area contributed by atoms with Crippen LogP contribution in [-0.2, 0) is 9.57 Å². The standard InChI is InChI=1S/C16H20FN3O4/c1-16(2,3)23-15(22)20-12-7-5-11(6-8-12)13(21)10-19-24-14(9-17)18-4/h5-8,10H,9H2,1-4H3,(H,20,22)/b18-14-,19-10+. The average molecular weight is 337 g/mol. The highest BCUT2D eigenvalue weighted by molar-refractivity contribution is 6.35. The van der Waals surface area contributed by atoms with Crippen molar-refractivity contribution in [3.8, 4) is 0 Å². The third kappa shape index (κ3) is 6.99. The van der Waals surface area contributed by atoms with E-state index in [0.717, 1.165) is 6.21 Å². The Hall–Kier alpha value is -2.77. The third-order valence-electron chi connectivity index (χ3n) is 2.51. The number of ketones is 1. The number of carbonyl (C=O) groups is 2. The van der Waals surface area contributed by atoms with Crippen LogP contribution in [0.15, 0.2) is 34.4 Å². The van der Waals surface area contributed by atoms with Crippen molar-refractivity contribution < 1.29 is 23.6 Å². The number of nitrogens with one attached hydrogen (secondary N) is 1. The summed E-state index contributed by atoms with van der Waals surface area (Å²) < 4.78 is 17.4. The summed E-state index contributed by atoms with van der Waals surface area (Å²) in [6, 6.07) is 6.11. The Labute approximate surface area is 139 Å². The molecule has 0 aliphatic rings. The number of aliphatic imine (C=N–C) groups is 1. The van der Waals surface area contributed by atoms with Crippen molar-refractivity contribution in [2.75, 3.05) is 19.0 Å². The van der Waals surface area contributed by atoms with Gasteiger partial charge in [-0.2, -0.15) is 0 Å². The summed E-state index contributed by atoms with van der Waals surface area (Å²) in [6.07, 6.45) is 0.325. The summed E-state index contributed by atoms with van der Waals surface area (Å²) in [5.41, 5.74) is 0.204. The van der Waals surface area contributed by atoms with Gasteiger partial charge in [-0.3, -0.25) is 15.1 Å². The van der Waals surface area contributed by atoms with Gasteiger partial charge in [-0.25, -0.2) is 9.18 Å². The fourth-order valence-electron chi connectivity index (χ4n) is 1.47. The van der Waals surface area contributed by atoms with Crippen LogP contribution in [0.25, 0.3) is 0 Å². The summed E-state index contributed by atoms with van der Waals surface area (Å²) >= 11 is 0. The van der Waals surface area contributed by atoms with E-state index in [1.54, 1.807) is 32.9 Å². The zero-order valence-corrected chi connectivity index (χ0v) is 14.0. The topological polar surface area (TPSA) is 89.4 Å².